The third-order valence-electron chi connectivity index (χ3n) is 3.83. The summed E-state index contributed by atoms with van der Waals surface area (Å²) < 4.78 is 6.02. The Morgan fingerprint density at radius 1 is 0.913 bits per heavy atom. The van der Waals surface area contributed by atoms with Crippen molar-refractivity contribution in [3.63, 3.8) is 0 Å². The molecule has 4 aromatic rings. The summed E-state index contributed by atoms with van der Waals surface area (Å²) in [6, 6.07) is 22.4. The Labute approximate surface area is 134 Å². The molecule has 0 atom stereocenters. The van der Waals surface area contributed by atoms with Crippen LogP contribution in [0.25, 0.3) is 22.2 Å². The van der Waals surface area contributed by atoms with Gasteiger partial charge in [0.25, 0.3) is 0 Å². The number of hydrogen-bond donors (Lipinski definition) is 1. The third-order valence-corrected chi connectivity index (χ3v) is 3.83. The molecular formula is C20H16N2O. The van der Waals surface area contributed by atoms with Crippen molar-refractivity contribution in [2.45, 2.75) is 6.61 Å². The molecule has 4 rings (SSSR count). The molecule has 0 saturated heterocycles. The van der Waals surface area contributed by atoms with Crippen molar-refractivity contribution in [2.75, 3.05) is 0 Å². The SMILES string of the molecule is c1ccc(COc2cccc3[nH]c(-c4cccnc4)cc23)cc1. The van der Waals surface area contributed by atoms with E-state index in [0.717, 1.165) is 33.5 Å². The van der Waals surface area contributed by atoms with Gasteiger partial charge in [0.05, 0.1) is 0 Å². The van der Waals surface area contributed by atoms with Crippen LogP contribution in [0.15, 0.2) is 79.1 Å². The van der Waals surface area contributed by atoms with Crippen LogP contribution in [-0.2, 0) is 6.61 Å². The van der Waals surface area contributed by atoms with Crippen molar-refractivity contribution in [3.05, 3.63) is 84.7 Å². The summed E-state index contributed by atoms with van der Waals surface area (Å²) in [5, 5.41) is 1.09. The minimum Gasteiger partial charge on any atom is -0.488 e. The fourth-order valence-electron chi connectivity index (χ4n) is 2.67. The van der Waals surface area contributed by atoms with E-state index in [2.05, 4.69) is 34.2 Å². The van der Waals surface area contributed by atoms with Crippen LogP contribution in [0.1, 0.15) is 5.56 Å². The molecule has 0 aliphatic rings. The summed E-state index contributed by atoms with van der Waals surface area (Å²) >= 11 is 0. The molecule has 3 heteroatoms. The number of H-pyrrole nitrogens is 1. The van der Waals surface area contributed by atoms with Crippen molar-refractivity contribution >= 4 is 10.9 Å². The van der Waals surface area contributed by atoms with Crippen LogP contribution < -0.4 is 4.74 Å². The van der Waals surface area contributed by atoms with Crippen LogP contribution in [-0.4, -0.2) is 9.97 Å². The molecule has 0 saturated carbocycles. The van der Waals surface area contributed by atoms with Crippen LogP contribution in [0.3, 0.4) is 0 Å². The van der Waals surface area contributed by atoms with Gasteiger partial charge in [-0.3, -0.25) is 4.98 Å². The fraction of sp³-hybridized carbons (Fsp3) is 0.0500. The molecular weight excluding hydrogens is 284 g/mol. The Morgan fingerprint density at radius 3 is 2.65 bits per heavy atom. The van der Waals surface area contributed by atoms with Gasteiger partial charge in [-0.1, -0.05) is 36.4 Å². The molecule has 2 aromatic carbocycles. The highest BCUT2D eigenvalue weighted by Crippen LogP contribution is 2.30. The van der Waals surface area contributed by atoms with Gasteiger partial charge in [-0.05, 0) is 35.9 Å². The number of benzene rings is 2. The summed E-state index contributed by atoms with van der Waals surface area (Å²) in [5.74, 6) is 0.887. The molecule has 23 heavy (non-hydrogen) atoms. The maximum Gasteiger partial charge on any atom is 0.129 e. The highest BCUT2D eigenvalue weighted by molar-refractivity contribution is 5.90. The van der Waals surface area contributed by atoms with Crippen LogP contribution >= 0.6 is 0 Å². The number of aromatic amines is 1. The second-order valence-electron chi connectivity index (χ2n) is 5.42. The summed E-state index contributed by atoms with van der Waals surface area (Å²) in [6.07, 6.45) is 3.63. The van der Waals surface area contributed by atoms with Crippen LogP contribution in [0, 0.1) is 0 Å². The van der Waals surface area contributed by atoms with Crippen molar-refractivity contribution < 1.29 is 4.74 Å². The number of pyridine rings is 1. The largest absolute Gasteiger partial charge is 0.488 e. The van der Waals surface area contributed by atoms with Gasteiger partial charge >= 0.3 is 0 Å². The van der Waals surface area contributed by atoms with E-state index in [1.807, 2.05) is 48.7 Å². The molecule has 0 aliphatic heterocycles. The van der Waals surface area contributed by atoms with Crippen molar-refractivity contribution in [2.24, 2.45) is 0 Å². The first-order chi connectivity index (χ1) is 11.4. The number of ether oxygens (including phenoxy) is 1. The number of aromatic nitrogens is 2. The second kappa shape index (κ2) is 5.97. The lowest BCUT2D eigenvalue weighted by molar-refractivity contribution is 0.310. The summed E-state index contributed by atoms with van der Waals surface area (Å²) in [5.41, 5.74) is 4.34. The third kappa shape index (κ3) is 2.81. The maximum absolute atomic E-state index is 6.02. The molecule has 3 nitrogen and oxygen atoms in total. The molecule has 2 heterocycles. The van der Waals surface area contributed by atoms with Crippen LogP contribution in [0.5, 0.6) is 5.75 Å². The topological polar surface area (TPSA) is 37.9 Å². The van der Waals surface area contributed by atoms with Gasteiger partial charge in [0.15, 0.2) is 0 Å². The van der Waals surface area contributed by atoms with E-state index < -0.39 is 0 Å². The zero-order valence-electron chi connectivity index (χ0n) is 12.6. The van der Waals surface area contributed by atoms with Gasteiger partial charge in [-0.2, -0.15) is 0 Å². The number of hydrogen-bond acceptors (Lipinski definition) is 2. The monoisotopic (exact) mass is 300 g/mol. The summed E-state index contributed by atoms with van der Waals surface area (Å²) in [4.78, 5) is 7.61. The molecule has 1 N–H and O–H groups in total. The summed E-state index contributed by atoms with van der Waals surface area (Å²) in [6.45, 7) is 0.563. The average Bonchev–Trinajstić information content (AvgIpc) is 3.06. The first kappa shape index (κ1) is 13.6. The number of nitrogens with one attached hydrogen (secondary N) is 1. The molecule has 112 valence electrons. The highest BCUT2D eigenvalue weighted by Gasteiger charge is 2.08. The van der Waals surface area contributed by atoms with E-state index in [-0.39, 0.29) is 0 Å². The smallest absolute Gasteiger partial charge is 0.129 e. The lowest BCUT2D eigenvalue weighted by Gasteiger charge is -2.07. The molecule has 0 bridgehead atoms. The van der Waals surface area contributed by atoms with Crippen LogP contribution in [0.2, 0.25) is 0 Å². The maximum atomic E-state index is 6.02. The van der Waals surface area contributed by atoms with Crippen molar-refractivity contribution in [1.29, 1.82) is 0 Å². The quantitative estimate of drug-likeness (QED) is 0.587. The predicted octanol–water partition coefficient (Wildman–Crippen LogP) is 4.81. The highest BCUT2D eigenvalue weighted by atomic mass is 16.5. The van der Waals surface area contributed by atoms with E-state index in [9.17, 15) is 0 Å². The van der Waals surface area contributed by atoms with Gasteiger partial charge in [-0.25, -0.2) is 0 Å². The average molecular weight is 300 g/mol. The zero-order valence-corrected chi connectivity index (χ0v) is 12.6. The standard InChI is InChI=1S/C20H16N2O/c1-2-6-15(7-3-1)14-23-20-10-4-9-18-17(20)12-19(22-18)16-8-5-11-21-13-16/h1-13,22H,14H2. The molecule has 0 radical (unpaired) electrons. The Hall–Kier alpha value is -3.07. The first-order valence-corrected chi connectivity index (χ1v) is 7.59. The molecule has 2 aromatic heterocycles. The van der Waals surface area contributed by atoms with Gasteiger partial charge in [-0.15, -0.1) is 0 Å². The molecule has 0 amide bonds. The molecule has 0 fully saturated rings. The molecule has 0 spiro atoms. The fourth-order valence-corrected chi connectivity index (χ4v) is 2.67. The van der Waals surface area contributed by atoms with E-state index in [4.69, 9.17) is 4.74 Å². The minimum absolute atomic E-state index is 0.563. The van der Waals surface area contributed by atoms with E-state index in [1.54, 1.807) is 6.20 Å². The van der Waals surface area contributed by atoms with Crippen molar-refractivity contribution in [1.82, 2.24) is 9.97 Å². The number of rotatable bonds is 4. The Bertz CT molecular complexity index is 914. The number of nitrogens with zero attached hydrogens (tertiary/aromatic N) is 1. The van der Waals surface area contributed by atoms with Gasteiger partial charge in [0.1, 0.15) is 12.4 Å². The normalized spacial score (nSPS) is 10.8. The number of fused-ring (bicyclic) bond motifs is 1. The molecule has 0 unspecified atom stereocenters. The Balaban J connectivity index is 1.66. The lowest BCUT2D eigenvalue weighted by atomic mass is 10.2. The predicted molar refractivity (Wildman–Crippen MR) is 92.3 cm³/mol. The lowest BCUT2D eigenvalue weighted by Crippen LogP contribution is -1.94. The van der Waals surface area contributed by atoms with E-state index >= 15 is 0 Å². The zero-order chi connectivity index (χ0) is 15.5. The van der Waals surface area contributed by atoms with Gasteiger partial charge in [0.2, 0.25) is 0 Å². The summed E-state index contributed by atoms with van der Waals surface area (Å²) in [7, 11) is 0. The second-order valence-corrected chi connectivity index (χ2v) is 5.42. The Morgan fingerprint density at radius 2 is 1.83 bits per heavy atom. The van der Waals surface area contributed by atoms with Gasteiger partial charge < -0.3 is 9.72 Å². The van der Waals surface area contributed by atoms with E-state index in [0.29, 0.717) is 6.61 Å². The Kier molecular flexibility index (Phi) is 3.53. The first-order valence-electron chi connectivity index (χ1n) is 7.59. The minimum atomic E-state index is 0.563. The van der Waals surface area contributed by atoms with E-state index in [1.165, 1.54) is 0 Å². The van der Waals surface area contributed by atoms with Crippen LogP contribution in [0.4, 0.5) is 0 Å². The molecule has 0 aliphatic carbocycles. The van der Waals surface area contributed by atoms with Crippen molar-refractivity contribution in [3.8, 4) is 17.0 Å². The van der Waals surface area contributed by atoms with Gasteiger partial charge in [0, 0.05) is 34.6 Å².